The van der Waals surface area contributed by atoms with Crippen molar-refractivity contribution in [2.24, 2.45) is 5.92 Å². The lowest BCUT2D eigenvalue weighted by Crippen LogP contribution is -2.16. The van der Waals surface area contributed by atoms with Crippen LogP contribution in [0.4, 0.5) is 0 Å². The molecule has 2 heteroatoms. The first-order valence-corrected chi connectivity index (χ1v) is 5.79. The lowest BCUT2D eigenvalue weighted by atomic mass is 10.0. The van der Waals surface area contributed by atoms with Gasteiger partial charge in [0.25, 0.3) is 0 Å². The van der Waals surface area contributed by atoms with E-state index in [0.29, 0.717) is 12.3 Å². The molecule has 0 fully saturated rings. The van der Waals surface area contributed by atoms with Gasteiger partial charge in [-0.05, 0) is 19.3 Å². The van der Waals surface area contributed by atoms with E-state index in [9.17, 15) is 4.79 Å². The average molecular weight is 200 g/mol. The summed E-state index contributed by atoms with van der Waals surface area (Å²) in [5.74, 6) is 0.425. The SMILES string of the molecule is CCCC[C@@H](C)CC(=O)O[C@@H](C)CC. The van der Waals surface area contributed by atoms with Gasteiger partial charge in [-0.3, -0.25) is 4.79 Å². The van der Waals surface area contributed by atoms with Crippen molar-refractivity contribution in [2.45, 2.75) is 65.9 Å². The highest BCUT2D eigenvalue weighted by Gasteiger charge is 2.11. The number of carbonyl (C=O) groups excluding carboxylic acids is 1. The second-order valence-electron chi connectivity index (χ2n) is 4.16. The van der Waals surface area contributed by atoms with E-state index in [1.54, 1.807) is 0 Å². The van der Waals surface area contributed by atoms with Gasteiger partial charge in [0.2, 0.25) is 0 Å². The van der Waals surface area contributed by atoms with Crippen LogP contribution in [0.15, 0.2) is 0 Å². The van der Waals surface area contributed by atoms with Crippen molar-refractivity contribution in [1.82, 2.24) is 0 Å². The molecule has 0 bridgehead atoms. The summed E-state index contributed by atoms with van der Waals surface area (Å²) >= 11 is 0. The molecule has 0 amide bonds. The predicted molar refractivity (Wildman–Crippen MR) is 59.2 cm³/mol. The third-order valence-electron chi connectivity index (χ3n) is 2.47. The van der Waals surface area contributed by atoms with Gasteiger partial charge in [0.05, 0.1) is 6.10 Å². The van der Waals surface area contributed by atoms with Crippen LogP contribution in [0.3, 0.4) is 0 Å². The van der Waals surface area contributed by atoms with Gasteiger partial charge in [0, 0.05) is 6.42 Å². The number of carbonyl (C=O) groups is 1. The van der Waals surface area contributed by atoms with Crippen molar-refractivity contribution in [3.63, 3.8) is 0 Å². The Labute approximate surface area is 88.0 Å². The van der Waals surface area contributed by atoms with E-state index in [1.807, 2.05) is 13.8 Å². The first-order chi connectivity index (χ1) is 6.60. The molecule has 2 atom stereocenters. The van der Waals surface area contributed by atoms with Gasteiger partial charge in [0.1, 0.15) is 0 Å². The summed E-state index contributed by atoms with van der Waals surface area (Å²) in [5, 5.41) is 0. The zero-order valence-electron chi connectivity index (χ0n) is 10.0. The molecule has 0 heterocycles. The van der Waals surface area contributed by atoms with Gasteiger partial charge in [-0.1, -0.05) is 40.0 Å². The van der Waals surface area contributed by atoms with Crippen LogP contribution in [0.2, 0.25) is 0 Å². The smallest absolute Gasteiger partial charge is 0.306 e. The highest BCUT2D eigenvalue weighted by molar-refractivity contribution is 5.69. The fourth-order valence-corrected chi connectivity index (χ4v) is 1.30. The zero-order chi connectivity index (χ0) is 11.0. The number of ether oxygens (including phenoxy) is 1. The van der Waals surface area contributed by atoms with Gasteiger partial charge in [0.15, 0.2) is 0 Å². The molecule has 0 unspecified atom stereocenters. The molecule has 0 rings (SSSR count). The molecule has 0 aliphatic rings. The van der Waals surface area contributed by atoms with Crippen LogP contribution in [0.25, 0.3) is 0 Å². The molecule has 0 saturated carbocycles. The lowest BCUT2D eigenvalue weighted by Gasteiger charge is -2.13. The number of rotatable bonds is 7. The number of hydrogen-bond acceptors (Lipinski definition) is 2. The van der Waals surface area contributed by atoms with Crippen molar-refractivity contribution >= 4 is 5.97 Å². The molecule has 84 valence electrons. The van der Waals surface area contributed by atoms with Crippen LogP contribution >= 0.6 is 0 Å². The number of hydrogen-bond donors (Lipinski definition) is 0. The minimum absolute atomic E-state index is 0.0389. The van der Waals surface area contributed by atoms with Crippen molar-refractivity contribution in [3.05, 3.63) is 0 Å². The highest BCUT2D eigenvalue weighted by Crippen LogP contribution is 2.13. The Hall–Kier alpha value is -0.530. The van der Waals surface area contributed by atoms with Gasteiger partial charge in [-0.25, -0.2) is 0 Å². The number of esters is 1. The Morgan fingerprint density at radius 2 is 1.93 bits per heavy atom. The first kappa shape index (κ1) is 13.5. The van der Waals surface area contributed by atoms with Crippen molar-refractivity contribution in [2.75, 3.05) is 0 Å². The van der Waals surface area contributed by atoms with Crippen LogP contribution < -0.4 is 0 Å². The van der Waals surface area contributed by atoms with E-state index >= 15 is 0 Å². The average Bonchev–Trinajstić information content (AvgIpc) is 2.14. The fourth-order valence-electron chi connectivity index (χ4n) is 1.30. The molecule has 0 aliphatic carbocycles. The minimum atomic E-state index is -0.0389. The topological polar surface area (TPSA) is 26.3 Å². The quantitative estimate of drug-likeness (QED) is 0.587. The normalized spacial score (nSPS) is 14.9. The molecule has 0 saturated heterocycles. The second kappa shape index (κ2) is 7.84. The lowest BCUT2D eigenvalue weighted by molar-refractivity contribution is -0.149. The van der Waals surface area contributed by atoms with Crippen molar-refractivity contribution < 1.29 is 9.53 Å². The molecule has 2 nitrogen and oxygen atoms in total. The summed E-state index contributed by atoms with van der Waals surface area (Å²) in [6.45, 7) is 8.25. The second-order valence-corrected chi connectivity index (χ2v) is 4.16. The van der Waals surface area contributed by atoms with E-state index < -0.39 is 0 Å². The van der Waals surface area contributed by atoms with Crippen LogP contribution in [0.5, 0.6) is 0 Å². The van der Waals surface area contributed by atoms with Gasteiger partial charge >= 0.3 is 5.97 Å². The number of unbranched alkanes of at least 4 members (excludes halogenated alkanes) is 1. The molecular weight excluding hydrogens is 176 g/mol. The van der Waals surface area contributed by atoms with E-state index in [1.165, 1.54) is 12.8 Å². The van der Waals surface area contributed by atoms with E-state index in [0.717, 1.165) is 12.8 Å². The summed E-state index contributed by atoms with van der Waals surface area (Å²) < 4.78 is 5.21. The molecule has 0 spiro atoms. The fraction of sp³-hybridized carbons (Fsp3) is 0.917. The largest absolute Gasteiger partial charge is 0.463 e. The van der Waals surface area contributed by atoms with Crippen LogP contribution in [0, 0.1) is 5.92 Å². The van der Waals surface area contributed by atoms with Crippen molar-refractivity contribution in [1.29, 1.82) is 0 Å². The van der Waals surface area contributed by atoms with E-state index in [4.69, 9.17) is 4.74 Å². The zero-order valence-corrected chi connectivity index (χ0v) is 10.0. The monoisotopic (exact) mass is 200 g/mol. The standard InChI is InChI=1S/C12H24O2/c1-5-7-8-10(3)9-12(13)14-11(4)6-2/h10-11H,5-9H2,1-4H3/t10-,11+/m1/s1. The molecule has 0 radical (unpaired) electrons. The maximum Gasteiger partial charge on any atom is 0.306 e. The predicted octanol–water partition coefficient (Wildman–Crippen LogP) is 3.54. The van der Waals surface area contributed by atoms with Crippen LogP contribution in [-0.2, 0) is 9.53 Å². The van der Waals surface area contributed by atoms with Gasteiger partial charge in [-0.2, -0.15) is 0 Å². The Balaban J connectivity index is 3.60. The maximum absolute atomic E-state index is 11.4. The molecule has 14 heavy (non-hydrogen) atoms. The molecule has 0 N–H and O–H groups in total. The van der Waals surface area contributed by atoms with E-state index in [-0.39, 0.29) is 12.1 Å². The van der Waals surface area contributed by atoms with E-state index in [2.05, 4.69) is 13.8 Å². The summed E-state index contributed by atoms with van der Waals surface area (Å²) in [6, 6.07) is 0. The summed E-state index contributed by atoms with van der Waals surface area (Å²) in [5.41, 5.74) is 0. The third-order valence-corrected chi connectivity index (χ3v) is 2.47. The molecule has 0 aromatic carbocycles. The Kier molecular flexibility index (Phi) is 7.54. The Morgan fingerprint density at radius 3 is 2.43 bits per heavy atom. The van der Waals surface area contributed by atoms with Gasteiger partial charge in [-0.15, -0.1) is 0 Å². The molecule has 0 aliphatic heterocycles. The maximum atomic E-state index is 11.4. The Morgan fingerprint density at radius 1 is 1.29 bits per heavy atom. The summed E-state index contributed by atoms with van der Waals surface area (Å²) in [7, 11) is 0. The summed E-state index contributed by atoms with van der Waals surface area (Å²) in [4.78, 5) is 11.4. The molecule has 0 aromatic heterocycles. The Bertz CT molecular complexity index is 154. The van der Waals surface area contributed by atoms with Crippen LogP contribution in [-0.4, -0.2) is 12.1 Å². The van der Waals surface area contributed by atoms with Crippen LogP contribution in [0.1, 0.15) is 59.8 Å². The third kappa shape index (κ3) is 6.93. The molecular formula is C12H24O2. The first-order valence-electron chi connectivity index (χ1n) is 5.79. The minimum Gasteiger partial charge on any atom is -0.463 e. The van der Waals surface area contributed by atoms with Crippen molar-refractivity contribution in [3.8, 4) is 0 Å². The molecule has 0 aromatic rings. The van der Waals surface area contributed by atoms with Gasteiger partial charge < -0.3 is 4.74 Å². The summed E-state index contributed by atoms with van der Waals surface area (Å²) in [6.07, 6.45) is 5.08. The highest BCUT2D eigenvalue weighted by atomic mass is 16.5.